The average Bonchev–Trinajstić information content (AvgIpc) is 2.77. The number of hydrogen-bond acceptors (Lipinski definition) is 5. The second-order valence-corrected chi connectivity index (χ2v) is 5.33. The van der Waals surface area contributed by atoms with Gasteiger partial charge in [-0.1, -0.05) is 0 Å². The largest absolute Gasteiger partial charge is 0.465 e. The molecule has 0 spiro atoms. The number of esters is 1. The second kappa shape index (κ2) is 6.50. The number of carbonyl (C=O) groups is 1. The average molecular weight is 258 g/mol. The van der Waals surface area contributed by atoms with Gasteiger partial charge in [0.15, 0.2) is 0 Å². The van der Waals surface area contributed by atoms with E-state index >= 15 is 0 Å². The summed E-state index contributed by atoms with van der Waals surface area (Å²) in [6.45, 7) is 7.92. The van der Waals surface area contributed by atoms with Crippen LogP contribution in [-0.4, -0.2) is 55.4 Å². The Balaban J connectivity index is 2.48. The van der Waals surface area contributed by atoms with E-state index in [-0.39, 0.29) is 12.0 Å². The molecule has 3 unspecified atom stereocenters. The monoisotopic (exact) mass is 258 g/mol. The van der Waals surface area contributed by atoms with Crippen molar-refractivity contribution in [2.75, 3.05) is 26.8 Å². The van der Waals surface area contributed by atoms with E-state index in [1.54, 1.807) is 21.0 Å². The molecule has 1 aliphatic rings. The Morgan fingerprint density at radius 2 is 2.28 bits per heavy atom. The molecule has 1 rings (SSSR count). The molecule has 0 amide bonds. The SMILES string of the molecule is CCOC(=O)C(C)(N)CC(C)N1CCC(OC)C1. The number of hydrogen-bond donors (Lipinski definition) is 1. The van der Waals surface area contributed by atoms with Gasteiger partial charge in [0, 0.05) is 26.2 Å². The third-order valence-corrected chi connectivity index (χ3v) is 3.59. The first kappa shape index (κ1) is 15.4. The zero-order valence-corrected chi connectivity index (χ0v) is 11.9. The lowest BCUT2D eigenvalue weighted by atomic mass is 9.94. The van der Waals surface area contributed by atoms with Gasteiger partial charge in [0.1, 0.15) is 5.54 Å². The van der Waals surface area contributed by atoms with Crippen LogP contribution in [0.1, 0.15) is 33.6 Å². The van der Waals surface area contributed by atoms with Gasteiger partial charge in [-0.15, -0.1) is 0 Å². The molecule has 2 N–H and O–H groups in total. The Bertz CT molecular complexity index is 281. The molecular weight excluding hydrogens is 232 g/mol. The van der Waals surface area contributed by atoms with Crippen LogP contribution in [0.4, 0.5) is 0 Å². The molecule has 1 aliphatic heterocycles. The maximum absolute atomic E-state index is 11.7. The maximum atomic E-state index is 11.7. The maximum Gasteiger partial charge on any atom is 0.325 e. The molecule has 0 aromatic carbocycles. The first-order valence-electron chi connectivity index (χ1n) is 6.63. The zero-order valence-electron chi connectivity index (χ0n) is 11.9. The van der Waals surface area contributed by atoms with E-state index in [1.807, 2.05) is 0 Å². The van der Waals surface area contributed by atoms with Crippen molar-refractivity contribution in [1.29, 1.82) is 0 Å². The van der Waals surface area contributed by atoms with Crippen LogP contribution in [0.25, 0.3) is 0 Å². The second-order valence-electron chi connectivity index (χ2n) is 5.33. The van der Waals surface area contributed by atoms with Crippen LogP contribution in [0.3, 0.4) is 0 Å². The van der Waals surface area contributed by atoms with Crippen LogP contribution >= 0.6 is 0 Å². The van der Waals surface area contributed by atoms with E-state index in [1.165, 1.54) is 0 Å². The fourth-order valence-corrected chi connectivity index (χ4v) is 2.47. The highest BCUT2D eigenvalue weighted by Gasteiger charge is 2.35. The Morgan fingerprint density at radius 1 is 1.61 bits per heavy atom. The van der Waals surface area contributed by atoms with Crippen LogP contribution in [-0.2, 0) is 14.3 Å². The van der Waals surface area contributed by atoms with Gasteiger partial charge >= 0.3 is 5.97 Å². The third-order valence-electron chi connectivity index (χ3n) is 3.59. The number of nitrogens with zero attached hydrogens (tertiary/aromatic N) is 1. The zero-order chi connectivity index (χ0) is 13.8. The number of carbonyl (C=O) groups excluding carboxylic acids is 1. The predicted octanol–water partition coefficient (Wildman–Crippen LogP) is 0.766. The highest BCUT2D eigenvalue weighted by atomic mass is 16.5. The lowest BCUT2D eigenvalue weighted by Crippen LogP contribution is -2.50. The molecule has 5 heteroatoms. The van der Waals surface area contributed by atoms with Crippen LogP contribution in [0, 0.1) is 0 Å². The van der Waals surface area contributed by atoms with Crippen LogP contribution in [0.2, 0.25) is 0 Å². The highest BCUT2D eigenvalue weighted by Crippen LogP contribution is 2.21. The Morgan fingerprint density at radius 3 is 2.78 bits per heavy atom. The van der Waals surface area contributed by atoms with Crippen LogP contribution < -0.4 is 5.73 Å². The summed E-state index contributed by atoms with van der Waals surface area (Å²) >= 11 is 0. The van der Waals surface area contributed by atoms with Crippen molar-refractivity contribution in [3.05, 3.63) is 0 Å². The summed E-state index contributed by atoms with van der Waals surface area (Å²) in [5.74, 6) is -0.320. The third kappa shape index (κ3) is 3.93. The molecular formula is C13H26N2O3. The molecule has 1 fully saturated rings. The first-order valence-corrected chi connectivity index (χ1v) is 6.63. The van der Waals surface area contributed by atoms with Crippen LogP contribution in [0.15, 0.2) is 0 Å². The van der Waals surface area contributed by atoms with Crippen molar-refractivity contribution >= 4 is 5.97 Å². The van der Waals surface area contributed by atoms with Crippen molar-refractivity contribution in [1.82, 2.24) is 4.90 Å². The quantitative estimate of drug-likeness (QED) is 0.713. The molecule has 1 saturated heterocycles. The fourth-order valence-electron chi connectivity index (χ4n) is 2.47. The normalized spacial score (nSPS) is 25.7. The van der Waals surface area contributed by atoms with Gasteiger partial charge in [0.05, 0.1) is 12.7 Å². The summed E-state index contributed by atoms with van der Waals surface area (Å²) in [5, 5.41) is 0. The summed E-state index contributed by atoms with van der Waals surface area (Å²) in [5.41, 5.74) is 5.13. The first-order chi connectivity index (χ1) is 8.40. The summed E-state index contributed by atoms with van der Waals surface area (Å²) in [4.78, 5) is 14.1. The van der Waals surface area contributed by atoms with E-state index < -0.39 is 5.54 Å². The summed E-state index contributed by atoms with van der Waals surface area (Å²) in [6, 6.07) is 0.254. The lowest BCUT2D eigenvalue weighted by Gasteiger charge is -2.31. The van der Waals surface area contributed by atoms with E-state index in [9.17, 15) is 4.79 Å². The van der Waals surface area contributed by atoms with E-state index in [0.717, 1.165) is 19.5 Å². The van der Waals surface area contributed by atoms with Crippen molar-refractivity contribution in [2.24, 2.45) is 5.73 Å². The summed E-state index contributed by atoms with van der Waals surface area (Å²) < 4.78 is 10.3. The summed E-state index contributed by atoms with van der Waals surface area (Å²) in [7, 11) is 1.74. The minimum absolute atomic E-state index is 0.254. The molecule has 0 aromatic rings. The van der Waals surface area contributed by atoms with E-state index in [4.69, 9.17) is 15.2 Å². The van der Waals surface area contributed by atoms with Gasteiger partial charge in [0.2, 0.25) is 0 Å². The van der Waals surface area contributed by atoms with Crippen molar-refractivity contribution in [3.8, 4) is 0 Å². The van der Waals surface area contributed by atoms with Crippen molar-refractivity contribution in [3.63, 3.8) is 0 Å². The molecule has 1 heterocycles. The van der Waals surface area contributed by atoms with Gasteiger partial charge in [-0.05, 0) is 33.6 Å². The van der Waals surface area contributed by atoms with Crippen molar-refractivity contribution < 1.29 is 14.3 Å². The topological polar surface area (TPSA) is 64.8 Å². The predicted molar refractivity (Wildman–Crippen MR) is 70.3 cm³/mol. The lowest BCUT2D eigenvalue weighted by molar-refractivity contribution is -0.149. The molecule has 0 aromatic heterocycles. The molecule has 0 saturated carbocycles. The molecule has 0 aliphatic carbocycles. The Labute approximate surface area is 110 Å². The van der Waals surface area contributed by atoms with Gasteiger partial charge in [-0.3, -0.25) is 9.69 Å². The molecule has 0 bridgehead atoms. The summed E-state index contributed by atoms with van der Waals surface area (Å²) in [6.07, 6.45) is 1.95. The van der Waals surface area contributed by atoms with Crippen molar-refractivity contribution in [2.45, 2.75) is 51.3 Å². The van der Waals surface area contributed by atoms with Gasteiger partial charge in [-0.25, -0.2) is 0 Å². The number of rotatable bonds is 6. The number of ether oxygens (including phenoxy) is 2. The van der Waals surface area contributed by atoms with Gasteiger partial charge in [0.25, 0.3) is 0 Å². The van der Waals surface area contributed by atoms with E-state index in [2.05, 4.69) is 11.8 Å². The van der Waals surface area contributed by atoms with E-state index in [0.29, 0.717) is 19.1 Å². The van der Waals surface area contributed by atoms with Crippen LogP contribution in [0.5, 0.6) is 0 Å². The Kier molecular flexibility index (Phi) is 5.56. The smallest absolute Gasteiger partial charge is 0.325 e. The Hall–Kier alpha value is -0.650. The van der Waals surface area contributed by atoms with Gasteiger partial charge in [-0.2, -0.15) is 0 Å². The number of nitrogens with two attached hydrogens (primary N) is 1. The molecule has 0 radical (unpaired) electrons. The minimum Gasteiger partial charge on any atom is -0.465 e. The molecule has 18 heavy (non-hydrogen) atoms. The fraction of sp³-hybridized carbons (Fsp3) is 0.923. The minimum atomic E-state index is -0.916. The highest BCUT2D eigenvalue weighted by molar-refractivity contribution is 5.80. The standard InChI is InChI=1S/C13H26N2O3/c1-5-18-12(16)13(3,14)8-10(2)15-7-6-11(9-15)17-4/h10-11H,5-9,14H2,1-4H3. The number of methoxy groups -OCH3 is 1. The molecule has 106 valence electrons. The molecule has 5 nitrogen and oxygen atoms in total. The van der Waals surface area contributed by atoms with Gasteiger partial charge < -0.3 is 15.2 Å². The molecule has 3 atom stereocenters. The number of likely N-dealkylation sites (tertiary alicyclic amines) is 1.